The van der Waals surface area contributed by atoms with E-state index in [0.29, 0.717) is 5.75 Å². The Morgan fingerprint density at radius 2 is 2.14 bits per heavy atom. The summed E-state index contributed by atoms with van der Waals surface area (Å²) in [7, 11) is 1.31. The lowest BCUT2D eigenvalue weighted by Crippen LogP contribution is -1.95. The molecule has 1 aromatic carbocycles. The lowest BCUT2D eigenvalue weighted by Gasteiger charge is -2.01. The third-order valence-corrected chi connectivity index (χ3v) is 2.09. The van der Waals surface area contributed by atoms with E-state index in [1.165, 1.54) is 19.4 Å². The second kappa shape index (κ2) is 5.44. The maximum absolute atomic E-state index is 10.7. The van der Waals surface area contributed by atoms with Crippen molar-refractivity contribution in [1.29, 1.82) is 0 Å². The molecule has 0 bridgehead atoms. The van der Waals surface area contributed by atoms with Crippen LogP contribution in [0.1, 0.15) is 0 Å². The summed E-state index contributed by atoms with van der Waals surface area (Å²) in [6, 6.07) is 7.35. The zero-order chi connectivity index (χ0) is 10.4. The van der Waals surface area contributed by atoms with E-state index in [4.69, 9.17) is 4.74 Å². The van der Waals surface area contributed by atoms with Crippen LogP contribution >= 0.6 is 15.9 Å². The third kappa shape index (κ3) is 3.22. The molecule has 0 aliphatic rings. The van der Waals surface area contributed by atoms with E-state index in [1.807, 2.05) is 18.2 Å². The SMILES string of the molecule is COC(=O)C=COc1ccccc1Br. The highest BCUT2D eigenvalue weighted by Gasteiger charge is 1.96. The second-order valence-electron chi connectivity index (χ2n) is 2.37. The summed E-state index contributed by atoms with van der Waals surface area (Å²) < 4.78 is 10.4. The summed E-state index contributed by atoms with van der Waals surface area (Å²) in [5.41, 5.74) is 0. The average molecular weight is 257 g/mol. The topological polar surface area (TPSA) is 35.5 Å². The molecule has 1 aromatic rings. The van der Waals surface area contributed by atoms with Crippen molar-refractivity contribution < 1.29 is 14.3 Å². The molecule has 0 spiro atoms. The molecule has 0 amide bonds. The van der Waals surface area contributed by atoms with Gasteiger partial charge in [0.1, 0.15) is 5.75 Å². The average Bonchev–Trinajstić information content (AvgIpc) is 2.20. The Bertz CT molecular complexity index is 347. The van der Waals surface area contributed by atoms with Crippen LogP contribution in [0.15, 0.2) is 41.1 Å². The Morgan fingerprint density at radius 3 is 2.79 bits per heavy atom. The standard InChI is InChI=1S/C10H9BrO3/c1-13-10(12)6-7-14-9-5-3-2-4-8(9)11/h2-7H,1H3. The predicted molar refractivity (Wildman–Crippen MR) is 55.9 cm³/mol. The zero-order valence-electron chi connectivity index (χ0n) is 7.57. The highest BCUT2D eigenvalue weighted by Crippen LogP contribution is 2.23. The summed E-state index contributed by atoms with van der Waals surface area (Å²) in [6.07, 6.45) is 2.49. The van der Waals surface area contributed by atoms with Crippen LogP contribution in [0.2, 0.25) is 0 Å². The first kappa shape index (κ1) is 10.8. The molecule has 74 valence electrons. The van der Waals surface area contributed by atoms with Gasteiger partial charge in [0.15, 0.2) is 0 Å². The summed E-state index contributed by atoms with van der Waals surface area (Å²) in [6.45, 7) is 0. The first-order valence-corrected chi connectivity index (χ1v) is 4.69. The van der Waals surface area contributed by atoms with Gasteiger partial charge in [0.2, 0.25) is 0 Å². The maximum Gasteiger partial charge on any atom is 0.333 e. The second-order valence-corrected chi connectivity index (χ2v) is 3.23. The number of para-hydroxylation sites is 1. The molecule has 0 aromatic heterocycles. The van der Waals surface area contributed by atoms with Crippen molar-refractivity contribution in [2.24, 2.45) is 0 Å². The van der Waals surface area contributed by atoms with Gasteiger partial charge in [-0.1, -0.05) is 12.1 Å². The smallest absolute Gasteiger partial charge is 0.333 e. The van der Waals surface area contributed by atoms with Crippen LogP contribution in [0.4, 0.5) is 0 Å². The van der Waals surface area contributed by atoms with Crippen molar-refractivity contribution in [3.05, 3.63) is 41.1 Å². The molecule has 14 heavy (non-hydrogen) atoms. The molecule has 4 heteroatoms. The van der Waals surface area contributed by atoms with E-state index in [2.05, 4.69) is 20.7 Å². The van der Waals surface area contributed by atoms with Gasteiger partial charge in [-0.15, -0.1) is 0 Å². The fraction of sp³-hybridized carbons (Fsp3) is 0.100. The van der Waals surface area contributed by atoms with E-state index in [0.717, 1.165) is 4.47 Å². The van der Waals surface area contributed by atoms with Crippen molar-refractivity contribution in [2.75, 3.05) is 7.11 Å². The molecule has 0 atom stereocenters. The molecular weight excluding hydrogens is 248 g/mol. The Hall–Kier alpha value is -1.29. The Balaban J connectivity index is 2.58. The lowest BCUT2D eigenvalue weighted by atomic mass is 10.3. The Morgan fingerprint density at radius 1 is 1.43 bits per heavy atom. The van der Waals surface area contributed by atoms with Gasteiger partial charge < -0.3 is 9.47 Å². The Labute approximate surface area is 90.5 Å². The van der Waals surface area contributed by atoms with Gasteiger partial charge in [0.05, 0.1) is 23.9 Å². The van der Waals surface area contributed by atoms with Crippen LogP contribution in [0.25, 0.3) is 0 Å². The lowest BCUT2D eigenvalue weighted by molar-refractivity contribution is -0.134. The molecule has 1 rings (SSSR count). The first-order chi connectivity index (χ1) is 6.74. The number of methoxy groups -OCH3 is 1. The van der Waals surface area contributed by atoms with Gasteiger partial charge >= 0.3 is 5.97 Å². The molecular formula is C10H9BrO3. The number of rotatable bonds is 3. The van der Waals surface area contributed by atoms with Gasteiger partial charge in [0, 0.05) is 0 Å². The number of carbonyl (C=O) groups is 1. The highest BCUT2D eigenvalue weighted by atomic mass is 79.9. The maximum atomic E-state index is 10.7. The molecule has 0 unspecified atom stereocenters. The van der Waals surface area contributed by atoms with Crippen molar-refractivity contribution >= 4 is 21.9 Å². The van der Waals surface area contributed by atoms with Gasteiger partial charge in [-0.25, -0.2) is 4.79 Å². The van der Waals surface area contributed by atoms with Crippen molar-refractivity contribution in [2.45, 2.75) is 0 Å². The minimum atomic E-state index is -0.447. The summed E-state index contributed by atoms with van der Waals surface area (Å²) in [5, 5.41) is 0. The van der Waals surface area contributed by atoms with Crippen LogP contribution in [0, 0.1) is 0 Å². The molecule has 0 aliphatic carbocycles. The van der Waals surface area contributed by atoms with Crippen LogP contribution in [-0.4, -0.2) is 13.1 Å². The highest BCUT2D eigenvalue weighted by molar-refractivity contribution is 9.10. The fourth-order valence-electron chi connectivity index (χ4n) is 0.771. The van der Waals surface area contributed by atoms with E-state index in [-0.39, 0.29) is 0 Å². The summed E-state index contributed by atoms with van der Waals surface area (Å²) >= 11 is 3.31. The molecule has 0 saturated heterocycles. The van der Waals surface area contributed by atoms with E-state index in [9.17, 15) is 4.79 Å². The number of hydrogen-bond acceptors (Lipinski definition) is 3. The monoisotopic (exact) mass is 256 g/mol. The van der Waals surface area contributed by atoms with Gasteiger partial charge in [-0.2, -0.15) is 0 Å². The number of esters is 1. The largest absolute Gasteiger partial charge is 0.466 e. The van der Waals surface area contributed by atoms with E-state index < -0.39 is 5.97 Å². The number of halogens is 1. The van der Waals surface area contributed by atoms with Crippen LogP contribution in [-0.2, 0) is 9.53 Å². The summed E-state index contributed by atoms with van der Waals surface area (Å²) in [5.74, 6) is 0.199. The Kier molecular flexibility index (Phi) is 4.19. The van der Waals surface area contributed by atoms with Gasteiger partial charge in [-0.3, -0.25) is 0 Å². The molecule has 0 aliphatic heterocycles. The normalized spacial score (nSPS) is 10.1. The van der Waals surface area contributed by atoms with Gasteiger partial charge in [0.25, 0.3) is 0 Å². The molecule has 0 heterocycles. The predicted octanol–water partition coefficient (Wildman–Crippen LogP) is 2.51. The molecule has 0 saturated carbocycles. The molecule has 0 radical (unpaired) electrons. The van der Waals surface area contributed by atoms with Crippen LogP contribution < -0.4 is 4.74 Å². The summed E-state index contributed by atoms with van der Waals surface area (Å²) in [4.78, 5) is 10.7. The number of hydrogen-bond donors (Lipinski definition) is 0. The minimum Gasteiger partial charge on any atom is -0.466 e. The van der Waals surface area contributed by atoms with Crippen LogP contribution in [0.3, 0.4) is 0 Å². The van der Waals surface area contributed by atoms with Crippen molar-refractivity contribution in [3.8, 4) is 5.75 Å². The van der Waals surface area contributed by atoms with E-state index in [1.54, 1.807) is 6.07 Å². The number of ether oxygens (including phenoxy) is 2. The first-order valence-electron chi connectivity index (χ1n) is 3.89. The quantitative estimate of drug-likeness (QED) is 0.474. The number of carbonyl (C=O) groups excluding carboxylic acids is 1. The van der Waals surface area contributed by atoms with Crippen LogP contribution in [0.5, 0.6) is 5.75 Å². The number of benzene rings is 1. The van der Waals surface area contributed by atoms with Crippen molar-refractivity contribution in [1.82, 2.24) is 0 Å². The molecule has 0 N–H and O–H groups in total. The fourth-order valence-corrected chi connectivity index (χ4v) is 1.15. The molecule has 3 nitrogen and oxygen atoms in total. The minimum absolute atomic E-state index is 0.447. The van der Waals surface area contributed by atoms with Gasteiger partial charge in [-0.05, 0) is 28.1 Å². The van der Waals surface area contributed by atoms with E-state index >= 15 is 0 Å². The zero-order valence-corrected chi connectivity index (χ0v) is 9.15. The molecule has 0 fully saturated rings. The van der Waals surface area contributed by atoms with Crippen molar-refractivity contribution in [3.63, 3.8) is 0 Å². The third-order valence-electron chi connectivity index (χ3n) is 1.44.